The molecule has 0 N–H and O–H groups in total. The molecule has 27 heavy (non-hydrogen) atoms. The molecule has 3 nitrogen and oxygen atoms in total. The first kappa shape index (κ1) is 23.4. The standard InChI is InChI=1S/C22H42O3SSi/c1-14(2)27(15(3)4,16(5)6)24-13-19(23)21-25-20-12-17(7)10-11-18(20)22(8,9)26-21/h14-18,20-21H,10-13H2,1-9H3/t17-,18+,20-,21+/m1/s1. The van der Waals surface area contributed by atoms with Gasteiger partial charge in [0, 0.05) is 4.75 Å². The molecule has 5 heteroatoms. The Labute approximate surface area is 172 Å². The summed E-state index contributed by atoms with van der Waals surface area (Å²) in [5, 5.41) is 0. The Hall–Kier alpha value is 0.157. The number of hydrogen-bond acceptors (Lipinski definition) is 4. The molecule has 0 spiro atoms. The SMILES string of the molecule is CC(C)[Si](OCC(=O)[C@H]1O[C@@H]2C[C@H](C)CC[C@@H]2C(C)(C)S1)(C(C)C)C(C)C. The average molecular weight is 415 g/mol. The van der Waals surface area contributed by atoms with E-state index in [-0.39, 0.29) is 28.7 Å². The fraction of sp³-hybridized carbons (Fsp3) is 0.955. The van der Waals surface area contributed by atoms with Gasteiger partial charge in [0.05, 0.1) is 12.7 Å². The average Bonchev–Trinajstić information content (AvgIpc) is 2.52. The van der Waals surface area contributed by atoms with Crippen LogP contribution in [0.1, 0.15) is 81.6 Å². The van der Waals surface area contributed by atoms with Gasteiger partial charge in [0.2, 0.25) is 8.32 Å². The summed E-state index contributed by atoms with van der Waals surface area (Å²) >= 11 is 1.72. The molecule has 1 aliphatic heterocycles. The van der Waals surface area contributed by atoms with Crippen molar-refractivity contribution in [3.8, 4) is 0 Å². The van der Waals surface area contributed by atoms with Crippen LogP contribution in [0.5, 0.6) is 0 Å². The maximum Gasteiger partial charge on any atom is 0.200 e. The smallest absolute Gasteiger partial charge is 0.200 e. The highest BCUT2D eigenvalue weighted by Crippen LogP contribution is 2.50. The van der Waals surface area contributed by atoms with Crippen molar-refractivity contribution >= 4 is 25.9 Å². The molecule has 1 saturated carbocycles. The van der Waals surface area contributed by atoms with Crippen LogP contribution in [0.15, 0.2) is 0 Å². The Morgan fingerprint density at radius 2 is 1.67 bits per heavy atom. The number of Topliss-reactive ketones (excluding diaryl/α,β-unsaturated/α-hetero) is 1. The minimum atomic E-state index is -2.02. The molecule has 0 aromatic heterocycles. The van der Waals surface area contributed by atoms with Gasteiger partial charge in [-0.2, -0.15) is 0 Å². The molecule has 2 aliphatic rings. The number of ether oxygens (including phenoxy) is 1. The topological polar surface area (TPSA) is 35.5 Å². The van der Waals surface area contributed by atoms with Crippen LogP contribution in [-0.4, -0.2) is 37.0 Å². The predicted molar refractivity (Wildman–Crippen MR) is 119 cm³/mol. The van der Waals surface area contributed by atoms with E-state index >= 15 is 0 Å². The van der Waals surface area contributed by atoms with Crippen molar-refractivity contribution in [2.75, 3.05) is 6.61 Å². The van der Waals surface area contributed by atoms with Crippen LogP contribution < -0.4 is 0 Å². The maximum absolute atomic E-state index is 13.1. The third-order valence-corrected chi connectivity index (χ3v) is 14.6. The van der Waals surface area contributed by atoms with Crippen molar-refractivity contribution in [1.82, 2.24) is 0 Å². The summed E-state index contributed by atoms with van der Waals surface area (Å²) in [7, 11) is -2.02. The van der Waals surface area contributed by atoms with Crippen molar-refractivity contribution in [3.05, 3.63) is 0 Å². The second-order valence-corrected chi connectivity index (χ2v) is 17.5. The third kappa shape index (κ3) is 4.84. The minimum absolute atomic E-state index is 0.0893. The molecule has 0 amide bonds. The Balaban J connectivity index is 2.09. The lowest BCUT2D eigenvalue weighted by Gasteiger charge is -2.50. The maximum atomic E-state index is 13.1. The minimum Gasteiger partial charge on any atom is -0.409 e. The van der Waals surface area contributed by atoms with Crippen molar-refractivity contribution in [3.63, 3.8) is 0 Å². The summed E-state index contributed by atoms with van der Waals surface area (Å²) in [4.78, 5) is 13.1. The van der Waals surface area contributed by atoms with Crippen LogP contribution in [0.3, 0.4) is 0 Å². The summed E-state index contributed by atoms with van der Waals surface area (Å²) in [5.41, 5.74) is 1.10. The van der Waals surface area contributed by atoms with E-state index in [4.69, 9.17) is 9.16 Å². The van der Waals surface area contributed by atoms with Crippen LogP contribution >= 0.6 is 11.8 Å². The molecule has 0 aromatic carbocycles. The molecule has 1 saturated heterocycles. The highest BCUT2D eigenvalue weighted by atomic mass is 32.2. The second-order valence-electron chi connectivity index (χ2n) is 10.3. The lowest BCUT2D eigenvalue weighted by atomic mass is 9.75. The zero-order valence-electron chi connectivity index (χ0n) is 19.0. The van der Waals surface area contributed by atoms with E-state index in [0.29, 0.717) is 28.5 Å². The Kier molecular flexibility index (Phi) is 7.71. The van der Waals surface area contributed by atoms with Crippen molar-refractivity contribution in [2.45, 2.75) is 114 Å². The first-order valence-electron chi connectivity index (χ1n) is 10.9. The fourth-order valence-corrected chi connectivity index (χ4v) is 12.5. The van der Waals surface area contributed by atoms with Crippen molar-refractivity contribution in [1.29, 1.82) is 0 Å². The van der Waals surface area contributed by atoms with E-state index in [0.717, 1.165) is 6.42 Å². The van der Waals surface area contributed by atoms with E-state index in [1.807, 2.05) is 0 Å². The van der Waals surface area contributed by atoms with Gasteiger partial charge in [-0.1, -0.05) is 68.7 Å². The van der Waals surface area contributed by atoms with Gasteiger partial charge in [-0.25, -0.2) is 0 Å². The molecule has 0 bridgehead atoms. The van der Waals surface area contributed by atoms with Gasteiger partial charge in [0.25, 0.3) is 0 Å². The number of fused-ring (bicyclic) bond motifs is 1. The van der Waals surface area contributed by atoms with Gasteiger partial charge in [0.15, 0.2) is 11.2 Å². The van der Waals surface area contributed by atoms with Gasteiger partial charge in [-0.05, 0) is 41.3 Å². The van der Waals surface area contributed by atoms with E-state index < -0.39 is 8.32 Å². The normalized spacial score (nSPS) is 31.4. The summed E-state index contributed by atoms with van der Waals surface area (Å²) in [6.45, 7) is 20.7. The molecule has 2 rings (SSSR count). The van der Waals surface area contributed by atoms with Crippen LogP contribution in [-0.2, 0) is 14.0 Å². The molecular weight excluding hydrogens is 372 g/mol. The van der Waals surface area contributed by atoms with Gasteiger partial charge in [-0.3, -0.25) is 4.79 Å². The number of rotatable bonds is 7. The summed E-state index contributed by atoms with van der Waals surface area (Å²) in [6, 6.07) is 0. The van der Waals surface area contributed by atoms with Crippen molar-refractivity contribution < 1.29 is 14.0 Å². The largest absolute Gasteiger partial charge is 0.409 e. The number of thioether (sulfide) groups is 1. The first-order chi connectivity index (χ1) is 12.4. The van der Waals surface area contributed by atoms with Gasteiger partial charge in [0.1, 0.15) is 0 Å². The van der Waals surface area contributed by atoms with Crippen LogP contribution in [0.25, 0.3) is 0 Å². The molecular formula is C22H42O3SSi. The lowest BCUT2D eigenvalue weighted by Crippen LogP contribution is -2.53. The van der Waals surface area contributed by atoms with Crippen LogP contribution in [0.4, 0.5) is 0 Å². The fourth-order valence-electron chi connectivity index (χ4n) is 5.73. The molecule has 0 aromatic rings. The summed E-state index contributed by atoms with van der Waals surface area (Å²) in [5.74, 6) is 1.38. The van der Waals surface area contributed by atoms with E-state index in [1.54, 1.807) is 11.8 Å². The number of carbonyl (C=O) groups excluding carboxylic acids is 1. The highest BCUT2D eigenvalue weighted by molar-refractivity contribution is 8.01. The molecule has 0 unspecified atom stereocenters. The number of ketones is 1. The van der Waals surface area contributed by atoms with Crippen molar-refractivity contribution in [2.24, 2.45) is 11.8 Å². The lowest BCUT2D eigenvalue weighted by molar-refractivity contribution is -0.136. The number of hydrogen-bond donors (Lipinski definition) is 0. The van der Waals surface area contributed by atoms with E-state index in [2.05, 4.69) is 62.3 Å². The zero-order chi connectivity index (χ0) is 20.6. The van der Waals surface area contributed by atoms with Gasteiger partial charge >= 0.3 is 0 Å². The third-order valence-electron chi connectivity index (χ3n) is 7.09. The molecule has 4 atom stereocenters. The van der Waals surface area contributed by atoms with E-state index in [1.165, 1.54) is 12.8 Å². The van der Waals surface area contributed by atoms with Gasteiger partial charge in [-0.15, -0.1) is 11.8 Å². The molecule has 0 radical (unpaired) electrons. The molecule has 1 heterocycles. The van der Waals surface area contributed by atoms with Crippen LogP contribution in [0, 0.1) is 11.8 Å². The summed E-state index contributed by atoms with van der Waals surface area (Å²) in [6.07, 6.45) is 3.80. The summed E-state index contributed by atoms with van der Waals surface area (Å²) < 4.78 is 13.0. The monoisotopic (exact) mass is 414 g/mol. The Morgan fingerprint density at radius 1 is 1.11 bits per heavy atom. The predicted octanol–water partition coefficient (Wildman–Crippen LogP) is 6.42. The van der Waals surface area contributed by atoms with Gasteiger partial charge < -0.3 is 9.16 Å². The van der Waals surface area contributed by atoms with E-state index in [9.17, 15) is 4.79 Å². The Morgan fingerprint density at radius 3 is 2.19 bits per heavy atom. The quantitative estimate of drug-likeness (QED) is 0.450. The zero-order valence-corrected chi connectivity index (χ0v) is 20.8. The van der Waals surface area contributed by atoms with Crippen LogP contribution in [0.2, 0.25) is 16.6 Å². The molecule has 2 fully saturated rings. The number of carbonyl (C=O) groups is 1. The molecule has 158 valence electrons. The first-order valence-corrected chi connectivity index (χ1v) is 13.9. The molecule has 1 aliphatic carbocycles. The highest BCUT2D eigenvalue weighted by Gasteiger charge is 2.49. The second kappa shape index (κ2) is 8.89. The Bertz CT molecular complexity index is 496.